The molecule has 0 aliphatic heterocycles. The van der Waals surface area contributed by atoms with E-state index in [2.05, 4.69) is 61.6 Å². The van der Waals surface area contributed by atoms with E-state index >= 15 is 0 Å². The van der Waals surface area contributed by atoms with Gasteiger partial charge in [0.2, 0.25) is 0 Å². The highest BCUT2D eigenvalue weighted by molar-refractivity contribution is 5.23. The maximum Gasteiger partial charge on any atom is 0.0659 e. The van der Waals surface area contributed by atoms with Crippen LogP contribution >= 0.6 is 0 Å². The summed E-state index contributed by atoms with van der Waals surface area (Å²) in [6.45, 7) is 9.04. The number of hydrogen-bond acceptors (Lipinski definition) is 2. The zero-order chi connectivity index (χ0) is 13.0. The lowest BCUT2D eigenvalue weighted by Crippen LogP contribution is -2.11. The van der Waals surface area contributed by atoms with E-state index in [1.807, 2.05) is 4.68 Å². The van der Waals surface area contributed by atoms with Crippen molar-refractivity contribution in [3.63, 3.8) is 0 Å². The van der Waals surface area contributed by atoms with Gasteiger partial charge in [-0.05, 0) is 26.0 Å². The van der Waals surface area contributed by atoms with E-state index < -0.39 is 0 Å². The van der Waals surface area contributed by atoms with Gasteiger partial charge in [0.15, 0.2) is 0 Å². The van der Waals surface area contributed by atoms with Gasteiger partial charge in [-0.15, -0.1) is 0 Å². The molecule has 2 aromatic rings. The minimum atomic E-state index is 0.842. The van der Waals surface area contributed by atoms with Crippen LogP contribution in [0.3, 0.4) is 0 Å². The standard InChI is InChI=1S/C15H21N3/c1-4-16-9-15-11-18(17-13(15)3)10-14-7-5-6-12(2)8-14/h5-8,11,16H,4,9-10H2,1-3H3. The predicted molar refractivity (Wildman–Crippen MR) is 74.6 cm³/mol. The zero-order valence-electron chi connectivity index (χ0n) is 11.4. The first kappa shape index (κ1) is 12.8. The van der Waals surface area contributed by atoms with E-state index in [4.69, 9.17) is 0 Å². The van der Waals surface area contributed by atoms with Crippen molar-refractivity contribution < 1.29 is 0 Å². The van der Waals surface area contributed by atoms with Crippen LogP contribution in [-0.4, -0.2) is 16.3 Å². The molecule has 0 saturated carbocycles. The highest BCUT2D eigenvalue weighted by Gasteiger charge is 2.04. The smallest absolute Gasteiger partial charge is 0.0659 e. The molecule has 0 amide bonds. The molecular weight excluding hydrogens is 222 g/mol. The van der Waals surface area contributed by atoms with Gasteiger partial charge in [-0.3, -0.25) is 4.68 Å². The molecule has 0 bridgehead atoms. The van der Waals surface area contributed by atoms with Crippen LogP contribution < -0.4 is 5.32 Å². The van der Waals surface area contributed by atoms with Crippen molar-refractivity contribution in [2.24, 2.45) is 0 Å². The zero-order valence-corrected chi connectivity index (χ0v) is 11.4. The quantitative estimate of drug-likeness (QED) is 0.875. The molecule has 0 aliphatic rings. The SMILES string of the molecule is CCNCc1cn(Cc2cccc(C)c2)nc1C. The Hall–Kier alpha value is -1.61. The van der Waals surface area contributed by atoms with Crippen LogP contribution in [0.15, 0.2) is 30.5 Å². The molecule has 0 aliphatic carbocycles. The third-order valence-electron chi connectivity index (χ3n) is 3.04. The van der Waals surface area contributed by atoms with Gasteiger partial charge in [0.25, 0.3) is 0 Å². The molecule has 0 atom stereocenters. The Kier molecular flexibility index (Phi) is 4.15. The Balaban J connectivity index is 2.10. The Morgan fingerprint density at radius 3 is 2.83 bits per heavy atom. The molecule has 2 rings (SSSR count). The molecule has 0 fully saturated rings. The van der Waals surface area contributed by atoms with Crippen LogP contribution in [0.5, 0.6) is 0 Å². The molecule has 1 heterocycles. The minimum absolute atomic E-state index is 0.842. The Bertz CT molecular complexity index is 514. The molecule has 1 aromatic heterocycles. The van der Waals surface area contributed by atoms with E-state index in [1.54, 1.807) is 0 Å². The maximum atomic E-state index is 4.57. The monoisotopic (exact) mass is 243 g/mol. The number of aryl methyl sites for hydroxylation is 2. The van der Waals surface area contributed by atoms with Gasteiger partial charge < -0.3 is 5.32 Å². The topological polar surface area (TPSA) is 29.9 Å². The summed E-state index contributed by atoms with van der Waals surface area (Å²) in [5, 5.41) is 7.90. The molecule has 3 heteroatoms. The molecule has 0 radical (unpaired) electrons. The third-order valence-corrected chi connectivity index (χ3v) is 3.04. The van der Waals surface area contributed by atoms with Crippen LogP contribution in [0.1, 0.15) is 29.3 Å². The first-order valence-corrected chi connectivity index (χ1v) is 6.48. The summed E-state index contributed by atoms with van der Waals surface area (Å²) in [6, 6.07) is 8.57. The largest absolute Gasteiger partial charge is 0.313 e. The lowest BCUT2D eigenvalue weighted by molar-refractivity contribution is 0.677. The maximum absolute atomic E-state index is 4.57. The van der Waals surface area contributed by atoms with Gasteiger partial charge in [0, 0.05) is 18.3 Å². The second kappa shape index (κ2) is 5.83. The van der Waals surface area contributed by atoms with Crippen LogP contribution in [0.4, 0.5) is 0 Å². The van der Waals surface area contributed by atoms with E-state index in [9.17, 15) is 0 Å². The molecule has 0 spiro atoms. The molecule has 1 aromatic carbocycles. The number of nitrogens with zero attached hydrogens (tertiary/aromatic N) is 2. The van der Waals surface area contributed by atoms with Crippen LogP contribution in [0.25, 0.3) is 0 Å². The van der Waals surface area contributed by atoms with Crippen molar-refractivity contribution in [2.45, 2.75) is 33.9 Å². The number of nitrogens with one attached hydrogen (secondary N) is 1. The van der Waals surface area contributed by atoms with Crippen LogP contribution in [0, 0.1) is 13.8 Å². The highest BCUT2D eigenvalue weighted by atomic mass is 15.3. The average Bonchev–Trinajstić information content (AvgIpc) is 2.67. The van der Waals surface area contributed by atoms with Crippen molar-refractivity contribution >= 4 is 0 Å². The van der Waals surface area contributed by atoms with E-state index in [1.165, 1.54) is 16.7 Å². The Morgan fingerprint density at radius 1 is 1.28 bits per heavy atom. The summed E-state index contributed by atoms with van der Waals surface area (Å²) in [6.07, 6.45) is 2.14. The fraction of sp³-hybridized carbons (Fsp3) is 0.400. The van der Waals surface area contributed by atoms with Crippen molar-refractivity contribution in [1.29, 1.82) is 0 Å². The molecule has 1 N–H and O–H groups in total. The number of aromatic nitrogens is 2. The normalized spacial score (nSPS) is 10.8. The summed E-state index contributed by atoms with van der Waals surface area (Å²) in [5.74, 6) is 0. The number of hydrogen-bond donors (Lipinski definition) is 1. The summed E-state index contributed by atoms with van der Waals surface area (Å²) < 4.78 is 2.02. The molecular formula is C15H21N3. The van der Waals surface area contributed by atoms with Gasteiger partial charge >= 0.3 is 0 Å². The average molecular weight is 243 g/mol. The highest BCUT2D eigenvalue weighted by Crippen LogP contribution is 2.09. The minimum Gasteiger partial charge on any atom is -0.313 e. The Morgan fingerprint density at radius 2 is 2.11 bits per heavy atom. The Labute approximate surface area is 109 Å². The van der Waals surface area contributed by atoms with Crippen molar-refractivity contribution in [3.8, 4) is 0 Å². The molecule has 18 heavy (non-hydrogen) atoms. The van der Waals surface area contributed by atoms with Gasteiger partial charge in [-0.2, -0.15) is 5.10 Å². The van der Waals surface area contributed by atoms with Gasteiger partial charge in [0.1, 0.15) is 0 Å². The summed E-state index contributed by atoms with van der Waals surface area (Å²) in [5.41, 5.74) is 4.99. The fourth-order valence-electron chi connectivity index (χ4n) is 2.07. The van der Waals surface area contributed by atoms with Crippen LogP contribution in [-0.2, 0) is 13.1 Å². The fourth-order valence-corrected chi connectivity index (χ4v) is 2.07. The van der Waals surface area contributed by atoms with E-state index in [0.717, 1.165) is 25.3 Å². The first-order chi connectivity index (χ1) is 8.69. The summed E-state index contributed by atoms with van der Waals surface area (Å²) in [4.78, 5) is 0. The van der Waals surface area contributed by atoms with Crippen molar-refractivity contribution in [2.75, 3.05) is 6.54 Å². The number of rotatable bonds is 5. The lowest BCUT2D eigenvalue weighted by Gasteiger charge is -2.02. The van der Waals surface area contributed by atoms with Gasteiger partial charge in [-0.1, -0.05) is 36.8 Å². The van der Waals surface area contributed by atoms with Crippen LogP contribution in [0.2, 0.25) is 0 Å². The molecule has 96 valence electrons. The summed E-state index contributed by atoms with van der Waals surface area (Å²) in [7, 11) is 0. The van der Waals surface area contributed by atoms with Gasteiger partial charge in [-0.25, -0.2) is 0 Å². The summed E-state index contributed by atoms with van der Waals surface area (Å²) >= 11 is 0. The molecule has 0 saturated heterocycles. The first-order valence-electron chi connectivity index (χ1n) is 6.48. The van der Waals surface area contributed by atoms with E-state index in [-0.39, 0.29) is 0 Å². The third kappa shape index (κ3) is 3.20. The second-order valence-corrected chi connectivity index (χ2v) is 4.71. The second-order valence-electron chi connectivity index (χ2n) is 4.71. The van der Waals surface area contributed by atoms with Crippen molar-refractivity contribution in [3.05, 3.63) is 52.8 Å². The van der Waals surface area contributed by atoms with Crippen molar-refractivity contribution in [1.82, 2.24) is 15.1 Å². The lowest BCUT2D eigenvalue weighted by atomic mass is 10.1. The van der Waals surface area contributed by atoms with Gasteiger partial charge in [0.05, 0.1) is 12.2 Å². The predicted octanol–water partition coefficient (Wildman–Crippen LogP) is 2.66. The van der Waals surface area contributed by atoms with E-state index in [0.29, 0.717) is 0 Å². The molecule has 3 nitrogen and oxygen atoms in total. The number of benzene rings is 1. The molecule has 0 unspecified atom stereocenters.